The summed E-state index contributed by atoms with van der Waals surface area (Å²) in [5, 5.41) is 4.26. The van der Waals surface area contributed by atoms with Gasteiger partial charge in [-0.05, 0) is 35.9 Å². The van der Waals surface area contributed by atoms with Gasteiger partial charge in [0, 0.05) is 31.0 Å². The van der Waals surface area contributed by atoms with Crippen LogP contribution in [0.15, 0.2) is 65.8 Å². The predicted molar refractivity (Wildman–Crippen MR) is 101 cm³/mol. The van der Waals surface area contributed by atoms with Crippen LogP contribution in [0, 0.1) is 0 Å². The minimum atomic E-state index is -3.69. The largest absolute Gasteiger partial charge is 0.315 e. The number of amides is 1. The molecule has 1 aliphatic rings. The molecule has 1 aromatic heterocycles. The molecule has 0 spiro atoms. The molecular formula is C19H18N4O3S. The summed E-state index contributed by atoms with van der Waals surface area (Å²) in [5.74, 6) is -0.0409. The van der Waals surface area contributed by atoms with Crippen LogP contribution in [-0.4, -0.2) is 31.2 Å². The van der Waals surface area contributed by atoms with E-state index in [9.17, 15) is 13.2 Å². The van der Waals surface area contributed by atoms with Gasteiger partial charge in [0.2, 0.25) is 15.9 Å². The van der Waals surface area contributed by atoms with Crippen LogP contribution in [0.5, 0.6) is 0 Å². The highest BCUT2D eigenvalue weighted by Crippen LogP contribution is 2.29. The van der Waals surface area contributed by atoms with Crippen molar-refractivity contribution in [2.75, 3.05) is 11.9 Å². The molecule has 0 fully saturated rings. The van der Waals surface area contributed by atoms with Crippen molar-refractivity contribution in [2.45, 2.75) is 17.9 Å². The molecule has 0 bridgehead atoms. The topological polar surface area (TPSA) is 84.3 Å². The van der Waals surface area contributed by atoms with Crippen LogP contribution in [0.3, 0.4) is 0 Å². The van der Waals surface area contributed by atoms with Crippen LogP contribution in [-0.2, 0) is 27.8 Å². The SMILES string of the molecule is CN1C(=O)Cc2cc(S(=O)(=O)NCc3cnn(-c4ccccc4)c3)ccc21. The number of likely N-dealkylation sites (N-methyl/N-ethyl adjacent to an activating group) is 1. The Balaban J connectivity index is 1.49. The lowest BCUT2D eigenvalue weighted by molar-refractivity contribution is -0.117. The van der Waals surface area contributed by atoms with Gasteiger partial charge in [0.25, 0.3) is 0 Å². The van der Waals surface area contributed by atoms with Gasteiger partial charge in [0.15, 0.2) is 0 Å². The van der Waals surface area contributed by atoms with Gasteiger partial charge in [0.05, 0.1) is 23.2 Å². The molecule has 7 nitrogen and oxygen atoms in total. The first-order chi connectivity index (χ1) is 12.9. The first-order valence-corrected chi connectivity index (χ1v) is 9.90. The quantitative estimate of drug-likeness (QED) is 0.730. The van der Waals surface area contributed by atoms with Crippen molar-refractivity contribution in [1.82, 2.24) is 14.5 Å². The number of para-hydroxylation sites is 1. The second kappa shape index (κ2) is 6.64. The number of nitrogens with zero attached hydrogens (tertiary/aromatic N) is 3. The Morgan fingerprint density at radius 3 is 2.70 bits per heavy atom. The van der Waals surface area contributed by atoms with Crippen molar-refractivity contribution < 1.29 is 13.2 Å². The molecule has 138 valence electrons. The van der Waals surface area contributed by atoms with Crippen LogP contribution in [0.1, 0.15) is 11.1 Å². The fourth-order valence-corrected chi connectivity index (χ4v) is 4.12. The van der Waals surface area contributed by atoms with E-state index in [2.05, 4.69) is 9.82 Å². The Kier molecular flexibility index (Phi) is 4.29. The van der Waals surface area contributed by atoms with Crippen LogP contribution in [0.25, 0.3) is 5.69 Å². The summed E-state index contributed by atoms with van der Waals surface area (Å²) in [6.07, 6.45) is 3.64. The van der Waals surface area contributed by atoms with Gasteiger partial charge >= 0.3 is 0 Å². The molecule has 4 rings (SSSR count). The normalized spacial score (nSPS) is 13.8. The fraction of sp³-hybridized carbons (Fsp3) is 0.158. The third-order valence-electron chi connectivity index (χ3n) is 4.56. The number of rotatable bonds is 5. The molecule has 1 N–H and O–H groups in total. The predicted octanol–water partition coefficient (Wildman–Crippen LogP) is 1.87. The molecule has 1 amide bonds. The Morgan fingerprint density at radius 2 is 1.93 bits per heavy atom. The molecule has 0 radical (unpaired) electrons. The van der Waals surface area contributed by atoms with Crippen molar-refractivity contribution in [1.29, 1.82) is 0 Å². The summed E-state index contributed by atoms with van der Waals surface area (Å²) < 4.78 is 29.5. The van der Waals surface area contributed by atoms with E-state index in [1.165, 1.54) is 11.0 Å². The van der Waals surface area contributed by atoms with Crippen LogP contribution in [0.4, 0.5) is 5.69 Å². The van der Waals surface area contributed by atoms with Gasteiger partial charge < -0.3 is 4.90 Å². The summed E-state index contributed by atoms with van der Waals surface area (Å²) in [5.41, 5.74) is 3.13. The molecule has 2 heterocycles. The summed E-state index contributed by atoms with van der Waals surface area (Å²) in [7, 11) is -2.00. The third-order valence-corrected chi connectivity index (χ3v) is 5.96. The van der Waals surface area contributed by atoms with Gasteiger partial charge in [-0.3, -0.25) is 4.79 Å². The van der Waals surface area contributed by atoms with E-state index in [-0.39, 0.29) is 23.8 Å². The molecule has 0 unspecified atom stereocenters. The summed E-state index contributed by atoms with van der Waals surface area (Å²) in [4.78, 5) is 13.5. The van der Waals surface area contributed by atoms with Gasteiger partial charge in [-0.15, -0.1) is 0 Å². The molecule has 0 atom stereocenters. The van der Waals surface area contributed by atoms with Crippen molar-refractivity contribution in [3.8, 4) is 5.69 Å². The van der Waals surface area contributed by atoms with E-state index < -0.39 is 10.0 Å². The van der Waals surface area contributed by atoms with E-state index in [1.807, 2.05) is 30.3 Å². The standard InChI is InChI=1S/C19H18N4O3S/c1-22-18-8-7-17(9-15(18)10-19(22)24)27(25,26)21-12-14-11-20-23(13-14)16-5-3-2-4-6-16/h2-9,11,13,21H,10,12H2,1H3. The lowest BCUT2D eigenvalue weighted by Crippen LogP contribution is -2.23. The second-order valence-corrected chi connectivity index (χ2v) is 8.14. The summed E-state index contributed by atoms with van der Waals surface area (Å²) in [6.45, 7) is 0.130. The Morgan fingerprint density at radius 1 is 1.15 bits per heavy atom. The molecule has 0 saturated heterocycles. The number of benzene rings is 2. The van der Waals surface area contributed by atoms with Gasteiger partial charge in [0.1, 0.15) is 0 Å². The van der Waals surface area contributed by atoms with E-state index >= 15 is 0 Å². The number of nitrogens with one attached hydrogen (secondary N) is 1. The zero-order valence-corrected chi connectivity index (χ0v) is 15.5. The minimum Gasteiger partial charge on any atom is -0.315 e. The first-order valence-electron chi connectivity index (χ1n) is 8.42. The molecule has 0 saturated carbocycles. The number of hydrogen-bond acceptors (Lipinski definition) is 4. The van der Waals surface area contributed by atoms with E-state index in [1.54, 1.807) is 36.3 Å². The third kappa shape index (κ3) is 3.36. The average Bonchev–Trinajstić information content (AvgIpc) is 3.26. The molecule has 0 aliphatic carbocycles. The van der Waals surface area contributed by atoms with Crippen molar-refractivity contribution in [3.05, 3.63) is 72.1 Å². The zero-order chi connectivity index (χ0) is 19.0. The number of hydrogen-bond donors (Lipinski definition) is 1. The first kappa shape index (κ1) is 17.4. The number of fused-ring (bicyclic) bond motifs is 1. The van der Waals surface area contributed by atoms with Gasteiger partial charge in [-0.2, -0.15) is 5.10 Å². The minimum absolute atomic E-state index is 0.0409. The smallest absolute Gasteiger partial charge is 0.240 e. The molecule has 8 heteroatoms. The summed E-state index contributed by atoms with van der Waals surface area (Å²) >= 11 is 0. The fourth-order valence-electron chi connectivity index (χ4n) is 3.05. The summed E-state index contributed by atoms with van der Waals surface area (Å²) in [6, 6.07) is 14.3. The highest BCUT2D eigenvalue weighted by Gasteiger charge is 2.26. The molecule has 3 aromatic rings. The molecule has 2 aromatic carbocycles. The lowest BCUT2D eigenvalue weighted by atomic mass is 10.2. The second-order valence-electron chi connectivity index (χ2n) is 6.37. The number of aromatic nitrogens is 2. The highest BCUT2D eigenvalue weighted by atomic mass is 32.2. The van der Waals surface area contributed by atoms with E-state index in [4.69, 9.17) is 0 Å². The maximum Gasteiger partial charge on any atom is 0.240 e. The van der Waals surface area contributed by atoms with E-state index in [0.29, 0.717) is 0 Å². The van der Waals surface area contributed by atoms with Crippen LogP contribution < -0.4 is 9.62 Å². The van der Waals surface area contributed by atoms with E-state index in [0.717, 1.165) is 22.5 Å². The highest BCUT2D eigenvalue weighted by molar-refractivity contribution is 7.89. The maximum atomic E-state index is 12.6. The number of carbonyl (C=O) groups is 1. The Bertz CT molecular complexity index is 1110. The van der Waals surface area contributed by atoms with Crippen molar-refractivity contribution in [2.24, 2.45) is 0 Å². The van der Waals surface area contributed by atoms with Crippen molar-refractivity contribution >= 4 is 21.6 Å². The monoisotopic (exact) mass is 382 g/mol. The Hall–Kier alpha value is -2.97. The number of carbonyl (C=O) groups excluding carboxylic acids is 1. The van der Waals surface area contributed by atoms with Crippen LogP contribution in [0.2, 0.25) is 0 Å². The van der Waals surface area contributed by atoms with Gasteiger partial charge in [-0.25, -0.2) is 17.8 Å². The molecule has 1 aliphatic heterocycles. The number of sulfonamides is 1. The molecule has 27 heavy (non-hydrogen) atoms. The Labute approximate surface area is 157 Å². The average molecular weight is 382 g/mol. The van der Waals surface area contributed by atoms with Crippen molar-refractivity contribution in [3.63, 3.8) is 0 Å². The zero-order valence-electron chi connectivity index (χ0n) is 14.7. The number of anilines is 1. The van der Waals surface area contributed by atoms with Gasteiger partial charge in [-0.1, -0.05) is 18.2 Å². The molecular weight excluding hydrogens is 364 g/mol. The maximum absolute atomic E-state index is 12.6. The lowest BCUT2D eigenvalue weighted by Gasteiger charge is -2.11. The van der Waals surface area contributed by atoms with Crippen LogP contribution >= 0.6 is 0 Å².